The van der Waals surface area contributed by atoms with Crippen molar-refractivity contribution in [2.45, 2.75) is 83.4 Å². The van der Waals surface area contributed by atoms with Crippen molar-refractivity contribution in [2.24, 2.45) is 5.92 Å². The molecule has 1 fully saturated rings. The molecule has 3 aromatic carbocycles. The summed E-state index contributed by atoms with van der Waals surface area (Å²) in [6, 6.07) is 12.0. The highest BCUT2D eigenvalue weighted by Gasteiger charge is 2.54. The van der Waals surface area contributed by atoms with Crippen molar-refractivity contribution in [3.05, 3.63) is 120 Å². The van der Waals surface area contributed by atoms with E-state index in [0.717, 1.165) is 11.8 Å². The average molecular weight is 853 g/mol. The molecule has 0 aliphatic carbocycles. The summed E-state index contributed by atoms with van der Waals surface area (Å²) < 4.78 is 16.0. The zero-order valence-electron chi connectivity index (χ0n) is 32.4. The molecule has 1 aliphatic heterocycles. The van der Waals surface area contributed by atoms with Crippen molar-refractivity contribution >= 4 is 63.8 Å². The number of nitrogens with zero attached hydrogens (tertiary/aromatic N) is 4. The standard InChI is InChI=1S/C38H40N6O15S/c1-22(2)33(37(49)58-20-25-9-15-28(16-10-25)43(53)54)41-34(47)32(35(41)60-23(3)45)40-31(46)6-4-5-30(36(48)57-19-24-7-13-27(14-8-24)42(51)52)39-38(50)59-21-26-11-17-29(18-12-26)44(55)56/h7-18,22,30,32-33,35H,4-6,19-21H2,1-3H3,(H,39,50)(H,40,46)/t30-,32+,33+,35+/m0/s1. The minimum absolute atomic E-state index is 0.0372. The number of benzene rings is 3. The number of hydrogen-bond acceptors (Lipinski definition) is 16. The first-order valence-corrected chi connectivity index (χ1v) is 19.1. The van der Waals surface area contributed by atoms with E-state index in [1.54, 1.807) is 13.8 Å². The van der Waals surface area contributed by atoms with E-state index in [1.165, 1.54) is 84.6 Å². The zero-order chi connectivity index (χ0) is 44.1. The maximum atomic E-state index is 13.5. The number of rotatable bonds is 20. The summed E-state index contributed by atoms with van der Waals surface area (Å²) in [5, 5.41) is 36.4. The Balaban J connectivity index is 1.37. The summed E-state index contributed by atoms with van der Waals surface area (Å²) >= 11 is 0.729. The van der Waals surface area contributed by atoms with Crippen molar-refractivity contribution < 1.29 is 57.7 Å². The highest BCUT2D eigenvalue weighted by atomic mass is 32.2. The number of likely N-dealkylation sites (tertiary alicyclic amines) is 1. The van der Waals surface area contributed by atoms with Gasteiger partial charge in [0, 0.05) is 49.7 Å². The molecule has 1 saturated heterocycles. The quantitative estimate of drug-likeness (QED) is 0.0515. The van der Waals surface area contributed by atoms with Gasteiger partial charge in [0.1, 0.15) is 43.3 Å². The summed E-state index contributed by atoms with van der Waals surface area (Å²) in [7, 11) is 0. The second kappa shape index (κ2) is 21.2. The summed E-state index contributed by atoms with van der Waals surface area (Å²) in [5.41, 5.74) is 0.772. The molecular formula is C38H40N6O15S. The fraction of sp³-hybridized carbons (Fsp3) is 0.368. The smallest absolute Gasteiger partial charge is 0.408 e. The zero-order valence-corrected chi connectivity index (χ0v) is 33.2. The minimum Gasteiger partial charge on any atom is -0.459 e. The first kappa shape index (κ1) is 45.7. The summed E-state index contributed by atoms with van der Waals surface area (Å²) in [6.45, 7) is 3.72. The van der Waals surface area contributed by atoms with Crippen LogP contribution in [0.25, 0.3) is 0 Å². The lowest BCUT2D eigenvalue weighted by molar-refractivity contribution is -0.385. The number of thioether (sulfide) groups is 1. The number of hydrogen-bond donors (Lipinski definition) is 2. The Morgan fingerprint density at radius 1 is 0.717 bits per heavy atom. The van der Waals surface area contributed by atoms with Crippen LogP contribution in [0.15, 0.2) is 72.8 Å². The van der Waals surface area contributed by atoms with Crippen LogP contribution >= 0.6 is 11.8 Å². The van der Waals surface area contributed by atoms with E-state index in [1.807, 2.05) is 0 Å². The van der Waals surface area contributed by atoms with Gasteiger partial charge in [0.2, 0.25) is 11.8 Å². The van der Waals surface area contributed by atoms with Gasteiger partial charge in [-0.1, -0.05) is 25.6 Å². The third kappa shape index (κ3) is 12.8. The number of ether oxygens (including phenoxy) is 3. The van der Waals surface area contributed by atoms with Gasteiger partial charge in [0.05, 0.1) is 14.8 Å². The van der Waals surface area contributed by atoms with Crippen LogP contribution in [-0.4, -0.2) is 78.1 Å². The van der Waals surface area contributed by atoms with Crippen molar-refractivity contribution in [1.82, 2.24) is 15.5 Å². The minimum atomic E-state index is -1.36. The summed E-state index contributed by atoms with van der Waals surface area (Å²) in [4.78, 5) is 110. The molecule has 4 atom stereocenters. The number of amides is 3. The second-order valence-electron chi connectivity index (χ2n) is 13.6. The van der Waals surface area contributed by atoms with E-state index in [4.69, 9.17) is 14.2 Å². The number of nitro benzene ring substituents is 3. The van der Waals surface area contributed by atoms with E-state index in [-0.39, 0.29) is 56.1 Å². The molecular weight excluding hydrogens is 813 g/mol. The van der Waals surface area contributed by atoms with Crippen LogP contribution in [0.2, 0.25) is 0 Å². The number of alkyl carbamates (subject to hydrolysis) is 1. The molecule has 0 spiro atoms. The third-order valence-electron chi connectivity index (χ3n) is 8.90. The maximum absolute atomic E-state index is 13.5. The molecule has 4 rings (SSSR count). The molecule has 3 amide bonds. The highest BCUT2D eigenvalue weighted by molar-refractivity contribution is 8.14. The molecule has 0 aromatic heterocycles. The van der Waals surface area contributed by atoms with Gasteiger partial charge in [-0.15, -0.1) is 0 Å². The number of non-ortho nitro benzene ring substituents is 3. The molecule has 1 aliphatic rings. The lowest BCUT2D eigenvalue weighted by Gasteiger charge is -2.50. The third-order valence-corrected chi connectivity index (χ3v) is 9.98. The van der Waals surface area contributed by atoms with Gasteiger partial charge in [-0.25, -0.2) is 14.4 Å². The van der Waals surface area contributed by atoms with Crippen molar-refractivity contribution in [3.63, 3.8) is 0 Å². The fourth-order valence-corrected chi connectivity index (χ4v) is 6.86. The van der Waals surface area contributed by atoms with Crippen molar-refractivity contribution in [1.29, 1.82) is 0 Å². The van der Waals surface area contributed by atoms with E-state index < -0.39 is 79.1 Å². The maximum Gasteiger partial charge on any atom is 0.408 e. The predicted molar refractivity (Wildman–Crippen MR) is 209 cm³/mol. The Kier molecular flexibility index (Phi) is 16.1. The van der Waals surface area contributed by atoms with Crippen LogP contribution in [0, 0.1) is 36.3 Å². The van der Waals surface area contributed by atoms with Gasteiger partial charge in [0.25, 0.3) is 17.1 Å². The average Bonchev–Trinajstić information content (AvgIpc) is 3.21. The normalized spacial score (nSPS) is 15.5. The van der Waals surface area contributed by atoms with Crippen LogP contribution in [0.1, 0.15) is 56.7 Å². The Bertz CT molecular complexity index is 2100. The van der Waals surface area contributed by atoms with E-state index in [9.17, 15) is 59.1 Å². The number of esters is 2. The molecule has 0 bridgehead atoms. The number of carbonyl (C=O) groups is 6. The molecule has 3 aromatic rings. The van der Waals surface area contributed by atoms with Crippen LogP contribution in [0.5, 0.6) is 0 Å². The lowest BCUT2D eigenvalue weighted by Crippen LogP contribution is -2.73. The molecule has 1 heterocycles. The molecule has 21 nitrogen and oxygen atoms in total. The van der Waals surface area contributed by atoms with Gasteiger partial charge in [-0.2, -0.15) is 0 Å². The van der Waals surface area contributed by atoms with E-state index in [0.29, 0.717) is 16.7 Å². The number of nitro groups is 3. The van der Waals surface area contributed by atoms with Crippen molar-refractivity contribution in [2.75, 3.05) is 0 Å². The molecule has 0 unspecified atom stereocenters. The van der Waals surface area contributed by atoms with Gasteiger partial charge in [-0.3, -0.25) is 44.7 Å². The molecule has 318 valence electrons. The van der Waals surface area contributed by atoms with Crippen molar-refractivity contribution in [3.8, 4) is 0 Å². The van der Waals surface area contributed by atoms with E-state index >= 15 is 0 Å². The Hall–Kier alpha value is -6.97. The number of β-lactam (4-membered cyclic amide) rings is 1. The number of carbonyl (C=O) groups excluding carboxylic acids is 6. The Labute approximate surface area is 345 Å². The second-order valence-corrected chi connectivity index (χ2v) is 14.9. The first-order valence-electron chi connectivity index (χ1n) is 18.2. The SMILES string of the molecule is CC(=O)S[C@@H]1[C@H](NC(=O)CCC[C@H](NC(=O)OCc2ccc([N+](=O)[O-])cc2)C(=O)OCc2ccc([N+](=O)[O-])cc2)C(=O)N1[C@@H](C(=O)OCc1ccc([N+](=O)[O-])cc1)C(C)C. The van der Waals surface area contributed by atoms with Gasteiger partial charge >= 0.3 is 18.0 Å². The molecule has 0 saturated carbocycles. The van der Waals surface area contributed by atoms with Crippen LogP contribution < -0.4 is 10.6 Å². The van der Waals surface area contributed by atoms with Gasteiger partial charge in [0.15, 0.2) is 5.12 Å². The number of nitrogens with one attached hydrogen (secondary N) is 2. The molecule has 0 radical (unpaired) electrons. The van der Waals surface area contributed by atoms with Gasteiger partial charge < -0.3 is 29.7 Å². The Morgan fingerprint density at radius 2 is 1.15 bits per heavy atom. The highest BCUT2D eigenvalue weighted by Crippen LogP contribution is 2.35. The molecule has 60 heavy (non-hydrogen) atoms. The largest absolute Gasteiger partial charge is 0.459 e. The molecule has 2 N–H and O–H groups in total. The molecule has 22 heteroatoms. The van der Waals surface area contributed by atoms with E-state index in [2.05, 4.69) is 10.6 Å². The monoisotopic (exact) mass is 852 g/mol. The summed E-state index contributed by atoms with van der Waals surface area (Å²) in [6.07, 6.45) is -1.52. The van der Waals surface area contributed by atoms with Crippen LogP contribution in [-0.2, 0) is 58.0 Å². The topological polar surface area (TPSA) is 287 Å². The lowest BCUT2D eigenvalue weighted by atomic mass is 9.95. The fourth-order valence-electron chi connectivity index (χ4n) is 5.85. The van der Waals surface area contributed by atoms with Crippen LogP contribution in [0.3, 0.4) is 0 Å². The first-order chi connectivity index (χ1) is 28.4. The summed E-state index contributed by atoms with van der Waals surface area (Å²) in [5.74, 6) is -3.51. The van der Waals surface area contributed by atoms with Crippen LogP contribution in [0.4, 0.5) is 21.9 Å². The Morgan fingerprint density at radius 3 is 1.57 bits per heavy atom. The predicted octanol–water partition coefficient (Wildman–Crippen LogP) is 4.62. The van der Waals surface area contributed by atoms with Gasteiger partial charge in [-0.05, 0) is 71.8 Å².